The zero-order valence-electron chi connectivity index (χ0n) is 10.6. The molecule has 1 aromatic rings. The third-order valence-electron chi connectivity index (χ3n) is 3.56. The average molecular weight is 248 g/mol. The van der Waals surface area contributed by atoms with Gasteiger partial charge >= 0.3 is 0 Å². The molecule has 0 spiro atoms. The summed E-state index contributed by atoms with van der Waals surface area (Å²) in [5.41, 5.74) is 1.31. The maximum Gasteiger partial charge on any atom is 0.119 e. The number of benzene rings is 1. The Morgan fingerprint density at radius 3 is 2.56 bits per heavy atom. The van der Waals surface area contributed by atoms with Crippen LogP contribution in [0.1, 0.15) is 24.8 Å². The van der Waals surface area contributed by atoms with Crippen LogP contribution in [0.2, 0.25) is 0 Å². The molecule has 0 N–H and O–H groups in total. The number of ether oxygens (including phenoxy) is 3. The maximum atomic E-state index is 5.75. The highest BCUT2D eigenvalue weighted by molar-refractivity contribution is 5.27. The van der Waals surface area contributed by atoms with Gasteiger partial charge in [-0.15, -0.1) is 0 Å². The topological polar surface area (TPSA) is 31.0 Å². The highest BCUT2D eigenvalue weighted by Gasteiger charge is 2.22. The summed E-state index contributed by atoms with van der Waals surface area (Å²) < 4.78 is 16.5. The lowest BCUT2D eigenvalue weighted by atomic mass is 9.96. The molecule has 0 radical (unpaired) electrons. The Morgan fingerprint density at radius 2 is 1.94 bits per heavy atom. The lowest BCUT2D eigenvalue weighted by Gasteiger charge is -2.25. The second kappa shape index (κ2) is 5.72. The van der Waals surface area contributed by atoms with Crippen molar-refractivity contribution in [1.29, 1.82) is 0 Å². The van der Waals surface area contributed by atoms with Gasteiger partial charge in [-0.1, -0.05) is 12.1 Å². The minimum atomic E-state index is 0.320. The van der Waals surface area contributed by atoms with E-state index in [9.17, 15) is 0 Å². The summed E-state index contributed by atoms with van der Waals surface area (Å²) in [6.45, 7) is 2.35. The van der Waals surface area contributed by atoms with Crippen LogP contribution in [0.3, 0.4) is 0 Å². The van der Waals surface area contributed by atoms with Gasteiger partial charge in [0.25, 0.3) is 0 Å². The van der Waals surface area contributed by atoms with E-state index in [1.54, 1.807) is 0 Å². The SMILES string of the molecule is c1cc(OCC2CO2)ccc1CCOC1CCC1. The predicted molar refractivity (Wildman–Crippen MR) is 69.0 cm³/mol. The summed E-state index contributed by atoms with van der Waals surface area (Å²) >= 11 is 0. The van der Waals surface area contributed by atoms with Crippen LogP contribution >= 0.6 is 0 Å². The van der Waals surface area contributed by atoms with Gasteiger partial charge in [-0.2, -0.15) is 0 Å². The van der Waals surface area contributed by atoms with E-state index in [0.717, 1.165) is 25.4 Å². The van der Waals surface area contributed by atoms with Gasteiger partial charge in [0.2, 0.25) is 0 Å². The Hall–Kier alpha value is -1.06. The molecule has 1 heterocycles. The van der Waals surface area contributed by atoms with E-state index in [4.69, 9.17) is 14.2 Å². The van der Waals surface area contributed by atoms with Crippen LogP contribution in [0.15, 0.2) is 24.3 Å². The van der Waals surface area contributed by atoms with Crippen LogP contribution in [0.25, 0.3) is 0 Å². The van der Waals surface area contributed by atoms with Crippen LogP contribution in [-0.4, -0.2) is 32.0 Å². The van der Waals surface area contributed by atoms with Crippen molar-refractivity contribution < 1.29 is 14.2 Å². The van der Waals surface area contributed by atoms with Crippen LogP contribution in [0, 0.1) is 0 Å². The van der Waals surface area contributed by atoms with Gasteiger partial charge in [0.15, 0.2) is 0 Å². The molecule has 2 fully saturated rings. The highest BCUT2D eigenvalue weighted by atomic mass is 16.6. The van der Waals surface area contributed by atoms with Gasteiger partial charge in [0.05, 0.1) is 19.3 Å². The molecule has 3 heteroatoms. The van der Waals surface area contributed by atoms with E-state index in [0.29, 0.717) is 18.8 Å². The minimum Gasteiger partial charge on any atom is -0.491 e. The molecule has 1 aromatic carbocycles. The second-order valence-corrected chi connectivity index (χ2v) is 5.08. The molecule has 3 rings (SSSR count). The first-order chi connectivity index (χ1) is 8.90. The minimum absolute atomic E-state index is 0.320. The molecule has 18 heavy (non-hydrogen) atoms. The molecule has 1 saturated heterocycles. The van der Waals surface area contributed by atoms with Crippen LogP contribution in [-0.2, 0) is 15.9 Å². The third kappa shape index (κ3) is 3.47. The van der Waals surface area contributed by atoms with Crippen molar-refractivity contribution in [3.05, 3.63) is 29.8 Å². The molecule has 1 saturated carbocycles. The number of hydrogen-bond donors (Lipinski definition) is 0. The zero-order valence-corrected chi connectivity index (χ0v) is 10.6. The van der Waals surface area contributed by atoms with Crippen molar-refractivity contribution in [2.45, 2.75) is 37.9 Å². The highest BCUT2D eigenvalue weighted by Crippen LogP contribution is 2.22. The van der Waals surface area contributed by atoms with Crippen molar-refractivity contribution >= 4 is 0 Å². The first-order valence-electron chi connectivity index (χ1n) is 6.85. The van der Waals surface area contributed by atoms with E-state index < -0.39 is 0 Å². The monoisotopic (exact) mass is 248 g/mol. The molecule has 98 valence electrons. The summed E-state index contributed by atoms with van der Waals surface area (Å²) in [5.74, 6) is 0.925. The Labute approximate surface area is 108 Å². The average Bonchev–Trinajstić information content (AvgIpc) is 3.15. The Morgan fingerprint density at radius 1 is 1.17 bits per heavy atom. The summed E-state index contributed by atoms with van der Waals surface area (Å²) in [4.78, 5) is 0. The Kier molecular flexibility index (Phi) is 3.81. The predicted octanol–water partition coefficient (Wildman–Crippen LogP) is 2.58. The van der Waals surface area contributed by atoms with Gasteiger partial charge < -0.3 is 14.2 Å². The molecule has 0 bridgehead atoms. The summed E-state index contributed by atoms with van der Waals surface area (Å²) in [5, 5.41) is 0. The molecule has 2 aliphatic rings. The summed E-state index contributed by atoms with van der Waals surface area (Å²) in [6, 6.07) is 8.29. The van der Waals surface area contributed by atoms with Crippen molar-refractivity contribution in [2.75, 3.05) is 19.8 Å². The van der Waals surface area contributed by atoms with Gasteiger partial charge in [-0.25, -0.2) is 0 Å². The molecule has 1 aliphatic carbocycles. The first-order valence-corrected chi connectivity index (χ1v) is 6.85. The smallest absolute Gasteiger partial charge is 0.119 e. The molecule has 0 aromatic heterocycles. The molecule has 1 aliphatic heterocycles. The standard InChI is InChI=1S/C15H20O3/c1-2-13(3-1)16-9-8-12-4-6-14(7-5-12)17-10-15-11-18-15/h4-7,13,15H,1-3,8-11H2. The fraction of sp³-hybridized carbons (Fsp3) is 0.600. The molecule has 1 unspecified atom stereocenters. The van der Waals surface area contributed by atoms with Crippen molar-refractivity contribution in [3.63, 3.8) is 0 Å². The van der Waals surface area contributed by atoms with Gasteiger partial charge in [-0.3, -0.25) is 0 Å². The molecule has 3 nitrogen and oxygen atoms in total. The first kappa shape index (κ1) is 12.0. The van der Waals surface area contributed by atoms with Crippen LogP contribution in [0.5, 0.6) is 5.75 Å². The largest absolute Gasteiger partial charge is 0.491 e. The van der Waals surface area contributed by atoms with Gasteiger partial charge in [0.1, 0.15) is 18.5 Å². The number of epoxide rings is 1. The van der Waals surface area contributed by atoms with E-state index in [1.165, 1.54) is 24.8 Å². The Balaban J connectivity index is 1.38. The second-order valence-electron chi connectivity index (χ2n) is 5.08. The summed E-state index contributed by atoms with van der Waals surface area (Å²) in [7, 11) is 0. The van der Waals surface area contributed by atoms with E-state index in [2.05, 4.69) is 12.1 Å². The zero-order chi connectivity index (χ0) is 12.2. The van der Waals surface area contributed by atoms with Crippen molar-refractivity contribution in [1.82, 2.24) is 0 Å². The maximum absolute atomic E-state index is 5.75. The molecule has 1 atom stereocenters. The van der Waals surface area contributed by atoms with E-state index in [1.807, 2.05) is 12.1 Å². The fourth-order valence-electron chi connectivity index (χ4n) is 1.99. The van der Waals surface area contributed by atoms with Crippen molar-refractivity contribution in [3.8, 4) is 5.75 Å². The Bertz CT molecular complexity index is 366. The van der Waals surface area contributed by atoms with Gasteiger partial charge in [0, 0.05) is 0 Å². The third-order valence-corrected chi connectivity index (χ3v) is 3.56. The lowest BCUT2D eigenvalue weighted by molar-refractivity contribution is 0.00413. The van der Waals surface area contributed by atoms with Gasteiger partial charge in [-0.05, 0) is 43.4 Å². The van der Waals surface area contributed by atoms with E-state index in [-0.39, 0.29) is 0 Å². The van der Waals surface area contributed by atoms with Crippen LogP contribution in [0.4, 0.5) is 0 Å². The lowest BCUT2D eigenvalue weighted by Crippen LogP contribution is -2.22. The summed E-state index contributed by atoms with van der Waals surface area (Å²) in [6.07, 6.45) is 5.67. The number of rotatable bonds is 7. The van der Waals surface area contributed by atoms with E-state index >= 15 is 0 Å². The van der Waals surface area contributed by atoms with Crippen molar-refractivity contribution in [2.24, 2.45) is 0 Å². The number of hydrogen-bond acceptors (Lipinski definition) is 3. The molecular formula is C15H20O3. The molecule has 0 amide bonds. The van der Waals surface area contributed by atoms with Crippen LogP contribution < -0.4 is 4.74 Å². The quantitative estimate of drug-likeness (QED) is 0.695. The molecular weight excluding hydrogens is 228 g/mol. The normalized spacial score (nSPS) is 22.6. The fourth-order valence-corrected chi connectivity index (χ4v) is 1.99.